The third kappa shape index (κ3) is 3.16. The lowest BCUT2D eigenvalue weighted by atomic mass is 9.82. The van der Waals surface area contributed by atoms with Crippen molar-refractivity contribution in [3.05, 3.63) is 29.8 Å². The largest absolute Gasteiger partial charge is 0.540 e. The van der Waals surface area contributed by atoms with Crippen LogP contribution in [0.15, 0.2) is 18.7 Å². The highest BCUT2D eigenvalue weighted by molar-refractivity contribution is 6.49. The highest BCUT2D eigenvalue weighted by atomic mass is 28.3. The summed E-state index contributed by atoms with van der Waals surface area (Å²) in [5.41, 5.74) is 2.25. The van der Waals surface area contributed by atoms with Crippen molar-refractivity contribution in [2.45, 2.75) is 39.3 Å². The summed E-state index contributed by atoms with van der Waals surface area (Å²) in [7, 11) is 0.891. The Morgan fingerprint density at radius 2 is 1.83 bits per heavy atom. The molecule has 1 aromatic rings. The van der Waals surface area contributed by atoms with Gasteiger partial charge in [-0.25, -0.2) is 0 Å². The van der Waals surface area contributed by atoms with E-state index in [1.165, 1.54) is 0 Å². The molecule has 1 rings (SSSR count). The van der Waals surface area contributed by atoms with Gasteiger partial charge in [-0.2, -0.15) is 0 Å². The van der Waals surface area contributed by atoms with Crippen LogP contribution in [0, 0.1) is 0 Å². The van der Waals surface area contributed by atoms with Gasteiger partial charge in [-0.15, -0.1) is 0 Å². The quantitative estimate of drug-likeness (QED) is 0.755. The van der Waals surface area contributed by atoms with Crippen molar-refractivity contribution in [1.29, 1.82) is 0 Å². The standard InChI is InChI=1S/C15H23O2Si/c1-8-11-9-10-12(17-18(6)7)14(16-5)13(11)15(2,3)4/h8-10H,1H2,2-7H3. The fraction of sp³-hybridized carbons (Fsp3) is 0.467. The molecule has 3 heteroatoms. The van der Waals surface area contributed by atoms with Crippen molar-refractivity contribution in [1.82, 2.24) is 0 Å². The fourth-order valence-electron chi connectivity index (χ4n) is 2.03. The topological polar surface area (TPSA) is 18.5 Å². The highest BCUT2D eigenvalue weighted by Gasteiger charge is 2.25. The number of hydrogen-bond acceptors (Lipinski definition) is 2. The van der Waals surface area contributed by atoms with E-state index >= 15 is 0 Å². The Hall–Kier alpha value is -1.22. The number of rotatable bonds is 4. The van der Waals surface area contributed by atoms with Gasteiger partial charge in [-0.1, -0.05) is 39.5 Å². The van der Waals surface area contributed by atoms with E-state index in [0.29, 0.717) is 0 Å². The average Bonchev–Trinajstić information content (AvgIpc) is 2.26. The number of hydrogen-bond donors (Lipinski definition) is 0. The first kappa shape index (κ1) is 14.8. The van der Waals surface area contributed by atoms with E-state index in [1.54, 1.807) is 7.11 Å². The van der Waals surface area contributed by atoms with Crippen molar-refractivity contribution >= 4 is 15.1 Å². The molecule has 1 aromatic carbocycles. The summed E-state index contributed by atoms with van der Waals surface area (Å²) in [5.74, 6) is 1.68. The molecular weight excluding hydrogens is 240 g/mol. The molecule has 0 aromatic heterocycles. The third-order valence-corrected chi connectivity index (χ3v) is 3.27. The molecule has 0 aliphatic carbocycles. The summed E-state index contributed by atoms with van der Waals surface area (Å²) in [6.45, 7) is 14.6. The van der Waals surface area contributed by atoms with Gasteiger partial charge in [-0.05, 0) is 30.1 Å². The molecule has 0 atom stereocenters. The molecule has 0 bridgehead atoms. The SMILES string of the molecule is C=Cc1ccc(O[Si](C)C)c(OC)c1C(C)(C)C. The molecule has 0 amide bonds. The van der Waals surface area contributed by atoms with Crippen LogP contribution in [0.3, 0.4) is 0 Å². The maximum absolute atomic E-state index is 5.91. The zero-order valence-corrected chi connectivity index (χ0v) is 13.3. The second kappa shape index (κ2) is 5.61. The van der Waals surface area contributed by atoms with Crippen LogP contribution in [-0.4, -0.2) is 16.2 Å². The summed E-state index contributed by atoms with van der Waals surface area (Å²) in [6, 6.07) is 4.03. The van der Waals surface area contributed by atoms with Gasteiger partial charge in [0.2, 0.25) is 0 Å². The van der Waals surface area contributed by atoms with Gasteiger partial charge >= 0.3 is 0 Å². The van der Waals surface area contributed by atoms with Crippen molar-refractivity contribution in [3.63, 3.8) is 0 Å². The Morgan fingerprint density at radius 3 is 2.22 bits per heavy atom. The van der Waals surface area contributed by atoms with Gasteiger partial charge in [0.05, 0.1) is 7.11 Å². The lowest BCUT2D eigenvalue weighted by molar-refractivity contribution is 0.378. The maximum atomic E-state index is 5.91. The van der Waals surface area contributed by atoms with E-state index in [9.17, 15) is 0 Å². The minimum atomic E-state index is -0.805. The first-order valence-corrected chi connectivity index (χ1v) is 8.54. The van der Waals surface area contributed by atoms with Crippen LogP contribution >= 0.6 is 0 Å². The Kier molecular flexibility index (Phi) is 4.63. The number of methoxy groups -OCH3 is 1. The summed E-state index contributed by atoms with van der Waals surface area (Å²) in [4.78, 5) is 0. The monoisotopic (exact) mass is 263 g/mol. The fourth-order valence-corrected chi connectivity index (χ4v) is 2.63. The van der Waals surface area contributed by atoms with E-state index in [4.69, 9.17) is 9.16 Å². The molecule has 99 valence electrons. The van der Waals surface area contributed by atoms with E-state index in [1.807, 2.05) is 12.1 Å². The van der Waals surface area contributed by atoms with Crippen LogP contribution in [0.5, 0.6) is 11.5 Å². The predicted molar refractivity (Wildman–Crippen MR) is 79.9 cm³/mol. The zero-order chi connectivity index (χ0) is 13.9. The van der Waals surface area contributed by atoms with Crippen molar-refractivity contribution in [2.24, 2.45) is 0 Å². The normalized spacial score (nSPS) is 11.5. The van der Waals surface area contributed by atoms with Crippen LogP contribution in [0.2, 0.25) is 13.1 Å². The van der Waals surface area contributed by atoms with Crippen molar-refractivity contribution < 1.29 is 9.16 Å². The molecule has 0 fully saturated rings. The molecule has 0 heterocycles. The summed E-state index contributed by atoms with van der Waals surface area (Å²) in [6.07, 6.45) is 1.87. The number of benzene rings is 1. The lowest BCUT2D eigenvalue weighted by Crippen LogP contribution is -2.17. The molecule has 0 saturated heterocycles. The van der Waals surface area contributed by atoms with E-state index < -0.39 is 9.04 Å². The molecule has 0 aliphatic rings. The summed E-state index contributed by atoms with van der Waals surface area (Å²) in [5, 5.41) is 0. The van der Waals surface area contributed by atoms with Gasteiger partial charge in [0, 0.05) is 5.56 Å². The van der Waals surface area contributed by atoms with E-state index in [0.717, 1.165) is 22.6 Å². The van der Waals surface area contributed by atoms with E-state index in [-0.39, 0.29) is 5.41 Å². The summed E-state index contributed by atoms with van der Waals surface area (Å²) < 4.78 is 11.5. The maximum Gasteiger partial charge on any atom is 0.274 e. The lowest BCUT2D eigenvalue weighted by Gasteiger charge is -2.26. The molecule has 0 unspecified atom stereocenters. The van der Waals surface area contributed by atoms with Crippen LogP contribution < -0.4 is 9.16 Å². The highest BCUT2D eigenvalue weighted by Crippen LogP contribution is 2.41. The zero-order valence-electron chi connectivity index (χ0n) is 12.3. The van der Waals surface area contributed by atoms with Gasteiger partial charge < -0.3 is 9.16 Å². The molecule has 2 nitrogen and oxygen atoms in total. The Balaban J connectivity index is 3.47. The smallest absolute Gasteiger partial charge is 0.274 e. The Morgan fingerprint density at radius 1 is 1.22 bits per heavy atom. The average molecular weight is 263 g/mol. The second-order valence-corrected chi connectivity index (χ2v) is 7.55. The van der Waals surface area contributed by atoms with Crippen LogP contribution in [0.4, 0.5) is 0 Å². The molecular formula is C15H23O2Si. The van der Waals surface area contributed by atoms with Crippen LogP contribution in [-0.2, 0) is 5.41 Å². The second-order valence-electron chi connectivity index (χ2n) is 5.53. The molecule has 1 radical (unpaired) electrons. The molecule has 0 N–H and O–H groups in total. The number of ether oxygens (including phenoxy) is 1. The van der Waals surface area contributed by atoms with Crippen LogP contribution in [0.25, 0.3) is 6.08 Å². The summed E-state index contributed by atoms with van der Waals surface area (Å²) >= 11 is 0. The van der Waals surface area contributed by atoms with Gasteiger partial charge in [-0.3, -0.25) is 0 Å². The third-order valence-electron chi connectivity index (χ3n) is 2.64. The Labute approximate surface area is 112 Å². The first-order chi connectivity index (χ1) is 8.31. The van der Waals surface area contributed by atoms with Crippen molar-refractivity contribution in [3.8, 4) is 11.5 Å². The van der Waals surface area contributed by atoms with Gasteiger partial charge in [0.25, 0.3) is 9.04 Å². The van der Waals surface area contributed by atoms with Gasteiger partial charge in [0.15, 0.2) is 5.75 Å². The minimum Gasteiger partial charge on any atom is -0.540 e. The van der Waals surface area contributed by atoms with Gasteiger partial charge in [0.1, 0.15) is 5.75 Å². The molecule has 0 saturated carbocycles. The molecule has 0 aliphatic heterocycles. The molecule has 0 spiro atoms. The minimum absolute atomic E-state index is 0.0113. The van der Waals surface area contributed by atoms with E-state index in [2.05, 4.69) is 46.5 Å². The Bertz CT molecular complexity index is 431. The van der Waals surface area contributed by atoms with Crippen molar-refractivity contribution in [2.75, 3.05) is 7.11 Å². The molecule has 18 heavy (non-hydrogen) atoms. The first-order valence-electron chi connectivity index (χ1n) is 6.13. The van der Waals surface area contributed by atoms with Crippen LogP contribution in [0.1, 0.15) is 31.9 Å². The predicted octanol–water partition coefficient (Wildman–Crippen LogP) is 4.27.